The Morgan fingerprint density at radius 2 is 0.867 bits per heavy atom. The van der Waals surface area contributed by atoms with Gasteiger partial charge in [0.15, 0.2) is 24.8 Å². The Balaban J connectivity index is 0.00000225. The van der Waals surface area contributed by atoms with Crippen LogP contribution in [0.15, 0.2) is 97.4 Å². The predicted octanol–water partition coefficient (Wildman–Crippen LogP) is -1.00. The zero-order valence-electron chi connectivity index (χ0n) is 16.9. The lowest BCUT2D eigenvalue weighted by Crippen LogP contribution is -3.00. The normalized spacial score (nSPS) is 20.7. The van der Waals surface area contributed by atoms with Crippen molar-refractivity contribution in [1.29, 1.82) is 0 Å². The number of methoxy groups -OCH3 is 2. The summed E-state index contributed by atoms with van der Waals surface area (Å²) in [4.78, 5) is 0. The lowest BCUT2D eigenvalue weighted by molar-refractivity contribution is -0.354. The highest BCUT2D eigenvalue weighted by atomic mass is 35.5. The van der Waals surface area contributed by atoms with E-state index in [4.69, 9.17) is 9.47 Å². The fourth-order valence-corrected chi connectivity index (χ4v) is 2.65. The van der Waals surface area contributed by atoms with E-state index < -0.39 is 0 Å². The molecule has 0 unspecified atom stereocenters. The molecule has 1 heterocycles. The van der Waals surface area contributed by atoms with Crippen molar-refractivity contribution in [3.63, 3.8) is 0 Å². The fourth-order valence-electron chi connectivity index (χ4n) is 2.65. The van der Waals surface area contributed by atoms with Crippen molar-refractivity contribution in [1.82, 2.24) is 0 Å². The molecular formula is C24H24Cl2N2O2. The first-order valence-corrected chi connectivity index (χ1v) is 9.01. The van der Waals surface area contributed by atoms with E-state index in [0.29, 0.717) is 0 Å². The number of benzene rings is 2. The van der Waals surface area contributed by atoms with Crippen molar-refractivity contribution in [2.45, 2.75) is 0 Å². The van der Waals surface area contributed by atoms with Gasteiger partial charge in [-0.2, -0.15) is 9.15 Å². The Kier molecular flexibility index (Phi) is 11.0. The van der Waals surface area contributed by atoms with Gasteiger partial charge in [-0.05, 0) is 24.3 Å². The average molecular weight is 443 g/mol. The summed E-state index contributed by atoms with van der Waals surface area (Å²) in [6.07, 6.45) is 20.1. The van der Waals surface area contributed by atoms with Gasteiger partial charge in [0.2, 0.25) is 11.4 Å². The van der Waals surface area contributed by atoms with Gasteiger partial charge in [-0.25, -0.2) is 0 Å². The third-order valence-electron chi connectivity index (χ3n) is 4.17. The van der Waals surface area contributed by atoms with E-state index in [2.05, 4.69) is 9.15 Å². The average Bonchev–Trinajstić information content (AvgIpc) is 2.74. The van der Waals surface area contributed by atoms with Gasteiger partial charge < -0.3 is 34.3 Å². The Morgan fingerprint density at radius 1 is 0.500 bits per heavy atom. The minimum atomic E-state index is 0. The molecule has 0 amide bonds. The van der Waals surface area contributed by atoms with E-state index in [0.717, 1.165) is 22.9 Å². The molecule has 0 bridgehead atoms. The lowest BCUT2D eigenvalue weighted by atomic mass is 10.3. The summed E-state index contributed by atoms with van der Waals surface area (Å²) in [5, 5.41) is 0. The number of halogens is 2. The minimum Gasteiger partial charge on any atom is -1.00 e. The van der Waals surface area contributed by atoms with Crippen molar-refractivity contribution < 1.29 is 43.4 Å². The van der Waals surface area contributed by atoms with Crippen LogP contribution in [0.1, 0.15) is 0 Å². The molecule has 0 aliphatic carbocycles. The van der Waals surface area contributed by atoms with Gasteiger partial charge in [-0.15, -0.1) is 0 Å². The monoisotopic (exact) mass is 442 g/mol. The highest BCUT2D eigenvalue weighted by Gasteiger charge is 2.06. The quantitative estimate of drug-likeness (QED) is 0.567. The Morgan fingerprint density at radius 3 is 1.20 bits per heavy atom. The first-order valence-electron chi connectivity index (χ1n) is 9.01. The second kappa shape index (κ2) is 13.2. The maximum Gasteiger partial charge on any atom is 0.210 e. The predicted molar refractivity (Wildman–Crippen MR) is 115 cm³/mol. The van der Waals surface area contributed by atoms with Crippen LogP contribution in [0, 0.1) is 0 Å². The second-order valence-electron chi connectivity index (χ2n) is 5.96. The van der Waals surface area contributed by atoms with Crippen LogP contribution < -0.4 is 34.3 Å². The molecule has 0 saturated heterocycles. The lowest BCUT2D eigenvalue weighted by Gasteiger charge is -2.00. The van der Waals surface area contributed by atoms with Crippen molar-refractivity contribution in [3.05, 3.63) is 97.4 Å². The highest BCUT2D eigenvalue weighted by molar-refractivity contribution is 5.70. The maximum absolute atomic E-state index is 5.23. The summed E-state index contributed by atoms with van der Waals surface area (Å²) >= 11 is 0. The van der Waals surface area contributed by atoms with E-state index in [9.17, 15) is 0 Å². The first-order chi connectivity index (χ1) is 13.8. The molecule has 6 heteroatoms. The van der Waals surface area contributed by atoms with Crippen LogP contribution in [0.5, 0.6) is 11.5 Å². The Labute approximate surface area is 190 Å². The maximum atomic E-state index is 5.23. The number of ether oxygens (including phenoxy) is 2. The molecule has 0 radical (unpaired) electrons. The van der Waals surface area contributed by atoms with Crippen molar-refractivity contribution in [3.8, 4) is 11.5 Å². The van der Waals surface area contributed by atoms with Gasteiger partial charge >= 0.3 is 0 Å². The second-order valence-corrected chi connectivity index (χ2v) is 5.96. The van der Waals surface area contributed by atoms with Gasteiger partial charge in [-0.1, -0.05) is 12.2 Å². The smallest absolute Gasteiger partial charge is 0.210 e. The van der Waals surface area contributed by atoms with E-state index in [1.807, 2.05) is 110 Å². The summed E-state index contributed by atoms with van der Waals surface area (Å²) in [7, 11) is 3.34. The number of nitrogens with zero attached hydrogens (tertiary/aromatic N) is 2. The van der Waals surface area contributed by atoms with Gasteiger partial charge in [0.25, 0.3) is 0 Å². The van der Waals surface area contributed by atoms with Crippen LogP contribution in [-0.4, -0.2) is 35.8 Å². The van der Waals surface area contributed by atoms with Crippen molar-refractivity contribution in [2.75, 3.05) is 14.2 Å². The summed E-state index contributed by atoms with van der Waals surface area (Å²) in [6, 6.07) is 15.9. The molecule has 156 valence electrons. The SMILES string of the molecule is COc1ccc([N+]2=C\C=C/C=C\[N+](c3ccc(OC)cc3)=C\C=C/C=C\2)cc1.[Cl-].[Cl-]. The molecule has 30 heavy (non-hydrogen) atoms. The zero-order valence-corrected chi connectivity index (χ0v) is 18.4. The molecule has 0 fully saturated rings. The Hall–Kier alpha value is -3.08. The molecule has 0 atom stereocenters. The zero-order chi connectivity index (χ0) is 19.6. The number of rotatable bonds is 4. The van der Waals surface area contributed by atoms with Crippen LogP contribution in [0.25, 0.3) is 0 Å². The molecule has 1 aliphatic rings. The van der Waals surface area contributed by atoms with Crippen LogP contribution in [0.3, 0.4) is 0 Å². The molecular weight excluding hydrogens is 419 g/mol. The number of hydrogen-bond acceptors (Lipinski definition) is 2. The topological polar surface area (TPSA) is 24.5 Å². The molecule has 2 aromatic rings. The van der Waals surface area contributed by atoms with Gasteiger partial charge in [-0.3, -0.25) is 0 Å². The van der Waals surface area contributed by atoms with E-state index in [-0.39, 0.29) is 24.8 Å². The summed E-state index contributed by atoms with van der Waals surface area (Å²) < 4.78 is 14.6. The van der Waals surface area contributed by atoms with E-state index in [1.165, 1.54) is 0 Å². The van der Waals surface area contributed by atoms with Gasteiger partial charge in [0.05, 0.1) is 14.2 Å². The van der Waals surface area contributed by atoms with Crippen LogP contribution >= 0.6 is 0 Å². The molecule has 2 aromatic carbocycles. The minimum absolute atomic E-state index is 0. The summed E-state index contributed by atoms with van der Waals surface area (Å²) in [6.45, 7) is 0. The first kappa shape index (κ1) is 25.0. The molecule has 4 nitrogen and oxygen atoms in total. The molecule has 0 N–H and O–H groups in total. The molecule has 1 aliphatic heterocycles. The van der Waals surface area contributed by atoms with Gasteiger partial charge in [0.1, 0.15) is 11.5 Å². The largest absolute Gasteiger partial charge is 1.00 e. The van der Waals surface area contributed by atoms with Crippen molar-refractivity contribution in [2.24, 2.45) is 0 Å². The fraction of sp³-hybridized carbons (Fsp3) is 0.0833. The molecule has 0 saturated carbocycles. The Bertz CT molecular complexity index is 890. The molecule has 0 aromatic heterocycles. The van der Waals surface area contributed by atoms with Crippen LogP contribution in [0.2, 0.25) is 0 Å². The summed E-state index contributed by atoms with van der Waals surface area (Å²) in [5.41, 5.74) is 2.11. The highest BCUT2D eigenvalue weighted by Crippen LogP contribution is 2.19. The number of hydrogen-bond donors (Lipinski definition) is 0. The van der Waals surface area contributed by atoms with Gasteiger partial charge in [0, 0.05) is 48.6 Å². The van der Waals surface area contributed by atoms with Crippen molar-refractivity contribution >= 4 is 23.8 Å². The third kappa shape index (κ3) is 7.07. The standard InChI is InChI=1S/C24H24N2O2.2ClH/c1-27-23-13-9-21(10-14-23)25-17-5-3-7-19-26(20-8-4-6-18-25)22-11-15-24(28-2)16-12-22;;/h3-20H,1-2H3;2*1H/q+2;;/p-2/b5-3-,6-4?,7-3?,8-4-,17-5?,18-6-,19-7-,20-8?,25-17-,25-18?,26-19?,26-20-;;. The van der Waals surface area contributed by atoms with Crippen LogP contribution in [-0.2, 0) is 0 Å². The summed E-state index contributed by atoms with van der Waals surface area (Å²) in [5.74, 6) is 1.68. The number of allylic oxidation sites excluding steroid dienone is 6. The van der Waals surface area contributed by atoms with Crippen LogP contribution in [0.4, 0.5) is 11.4 Å². The molecule has 0 spiro atoms. The molecule has 3 rings (SSSR count). The van der Waals surface area contributed by atoms with E-state index >= 15 is 0 Å². The van der Waals surface area contributed by atoms with E-state index in [1.54, 1.807) is 14.2 Å². The third-order valence-corrected chi connectivity index (χ3v) is 4.17.